The van der Waals surface area contributed by atoms with Gasteiger partial charge in [-0.25, -0.2) is 13.2 Å². The Labute approximate surface area is 201 Å². The zero-order chi connectivity index (χ0) is 25.6. The summed E-state index contributed by atoms with van der Waals surface area (Å²) in [5.74, 6) is -9.78. The number of carbonyl (C=O) groups is 3. The molecule has 1 atom stereocenters. The van der Waals surface area contributed by atoms with E-state index in [-0.39, 0.29) is 12.1 Å². The van der Waals surface area contributed by atoms with Crippen LogP contribution in [0, 0.1) is 23.4 Å². The van der Waals surface area contributed by atoms with Gasteiger partial charge in [0.05, 0.1) is 22.2 Å². The van der Waals surface area contributed by atoms with Crippen molar-refractivity contribution in [3.05, 3.63) is 52.3 Å². The van der Waals surface area contributed by atoms with Crippen molar-refractivity contribution in [1.29, 1.82) is 0 Å². The van der Waals surface area contributed by atoms with Crippen molar-refractivity contribution in [2.45, 2.75) is 16.9 Å². The Balaban J connectivity index is 1.86. The van der Waals surface area contributed by atoms with Crippen molar-refractivity contribution >= 4 is 69.6 Å². The summed E-state index contributed by atoms with van der Waals surface area (Å²) in [6.45, 7) is 0. The number of halogens is 9. The smallest absolute Gasteiger partial charge is 0.326 e. The average molecular weight is 549 g/mol. The Kier molecular flexibility index (Phi) is 6.98. The third kappa shape index (κ3) is 5.50. The molecule has 2 aromatic rings. The van der Waals surface area contributed by atoms with E-state index in [9.17, 15) is 40.7 Å². The lowest BCUT2D eigenvalue weighted by Gasteiger charge is -2.14. The molecular weight excluding hydrogens is 539 g/mol. The molecule has 0 heterocycles. The summed E-state index contributed by atoms with van der Waals surface area (Å²) < 4.78 is 78.8. The summed E-state index contributed by atoms with van der Waals surface area (Å²) in [6, 6.07) is 2.62. The van der Waals surface area contributed by atoms with Crippen molar-refractivity contribution in [1.82, 2.24) is 0 Å². The van der Waals surface area contributed by atoms with Crippen LogP contribution in [0.2, 0.25) is 5.02 Å². The maximum absolute atomic E-state index is 14.5. The molecule has 182 valence electrons. The van der Waals surface area contributed by atoms with Crippen molar-refractivity contribution in [3.8, 4) is 0 Å². The fourth-order valence-electron chi connectivity index (χ4n) is 2.69. The normalized spacial score (nSPS) is 16.6. The van der Waals surface area contributed by atoms with Crippen LogP contribution < -0.4 is 16.0 Å². The predicted octanol–water partition coefficient (Wildman–Crippen LogP) is 5.64. The number of anilines is 3. The number of rotatable bonds is 5. The van der Waals surface area contributed by atoms with E-state index < -0.39 is 73.6 Å². The SMILES string of the molecule is O=C(Nc1c(F)ccc(NC(=O)C(F)(F)F)c1F)c1cc(NC(=O)[C@H]2CC2(Cl)Cl)cc(F)c1Cl. The number of hydrogen-bond acceptors (Lipinski definition) is 3. The van der Waals surface area contributed by atoms with E-state index in [2.05, 4.69) is 5.32 Å². The van der Waals surface area contributed by atoms with Gasteiger partial charge in [-0.3, -0.25) is 14.4 Å². The minimum Gasteiger partial charge on any atom is -0.326 e. The van der Waals surface area contributed by atoms with Gasteiger partial charge in [-0.05, 0) is 30.7 Å². The van der Waals surface area contributed by atoms with E-state index in [1.807, 2.05) is 0 Å². The van der Waals surface area contributed by atoms with Gasteiger partial charge in [0.25, 0.3) is 5.91 Å². The number of amides is 3. The molecule has 0 bridgehead atoms. The van der Waals surface area contributed by atoms with Crippen LogP contribution in [0.15, 0.2) is 24.3 Å². The fourth-order valence-corrected chi connectivity index (χ4v) is 3.39. The highest BCUT2D eigenvalue weighted by Crippen LogP contribution is 2.53. The summed E-state index contributed by atoms with van der Waals surface area (Å²) in [5.41, 5.74) is -3.28. The molecular formula is C19H10Cl3F6N3O3. The van der Waals surface area contributed by atoms with E-state index >= 15 is 0 Å². The van der Waals surface area contributed by atoms with E-state index in [1.165, 1.54) is 5.32 Å². The molecule has 0 spiro atoms. The number of benzene rings is 2. The zero-order valence-electron chi connectivity index (χ0n) is 16.2. The summed E-state index contributed by atoms with van der Waals surface area (Å²) in [4.78, 5) is 35.7. The molecule has 34 heavy (non-hydrogen) atoms. The molecule has 0 unspecified atom stereocenters. The van der Waals surface area contributed by atoms with Gasteiger partial charge in [0.15, 0.2) is 5.82 Å². The first-order valence-electron chi connectivity index (χ1n) is 8.97. The minimum atomic E-state index is -5.37. The predicted molar refractivity (Wildman–Crippen MR) is 112 cm³/mol. The molecule has 1 saturated carbocycles. The molecule has 0 aliphatic heterocycles. The number of nitrogens with one attached hydrogen (secondary N) is 3. The minimum absolute atomic E-state index is 0.130. The topological polar surface area (TPSA) is 87.3 Å². The van der Waals surface area contributed by atoms with Crippen LogP contribution in [-0.4, -0.2) is 28.2 Å². The van der Waals surface area contributed by atoms with Crippen molar-refractivity contribution in [3.63, 3.8) is 0 Å². The lowest BCUT2D eigenvalue weighted by atomic mass is 10.1. The summed E-state index contributed by atoms with van der Waals surface area (Å²) in [5, 5.41) is 4.39. The van der Waals surface area contributed by atoms with Gasteiger partial charge in [0.1, 0.15) is 21.7 Å². The Morgan fingerprint density at radius 1 is 0.971 bits per heavy atom. The van der Waals surface area contributed by atoms with Crippen LogP contribution in [0.1, 0.15) is 16.8 Å². The standard InChI is InChI=1S/C19H10Cl3F6N3O3/c20-12-7(3-6(4-10(12)24)29-16(33)8-5-18(8,21)22)15(32)31-14-9(23)1-2-11(13(14)25)30-17(34)19(26,27)28/h1-4,8H,5H2,(H,29,33)(H,30,34)(H,31,32)/t8-/m1/s1. The third-order valence-corrected chi connectivity index (χ3v) is 5.74. The van der Waals surface area contributed by atoms with Gasteiger partial charge >= 0.3 is 12.1 Å². The van der Waals surface area contributed by atoms with Crippen LogP contribution in [0.4, 0.5) is 43.4 Å². The molecule has 3 rings (SSSR count). The molecule has 1 aliphatic rings. The van der Waals surface area contributed by atoms with Gasteiger partial charge in [-0.1, -0.05) is 11.6 Å². The van der Waals surface area contributed by atoms with Gasteiger partial charge in [-0.15, -0.1) is 23.2 Å². The van der Waals surface area contributed by atoms with Crippen molar-refractivity contribution in [2.24, 2.45) is 5.92 Å². The second-order valence-corrected chi connectivity index (χ2v) is 8.94. The first kappa shape index (κ1) is 25.9. The van der Waals surface area contributed by atoms with Gasteiger partial charge in [0, 0.05) is 5.69 Å². The second-order valence-electron chi connectivity index (χ2n) is 7.02. The summed E-state index contributed by atoms with van der Waals surface area (Å²) >= 11 is 17.3. The molecule has 15 heteroatoms. The number of hydrogen-bond donors (Lipinski definition) is 3. The molecule has 3 amide bonds. The molecule has 1 aliphatic carbocycles. The quantitative estimate of drug-likeness (QED) is 0.334. The Morgan fingerprint density at radius 3 is 2.15 bits per heavy atom. The van der Waals surface area contributed by atoms with Crippen molar-refractivity contribution in [2.75, 3.05) is 16.0 Å². The van der Waals surface area contributed by atoms with E-state index in [0.717, 1.165) is 12.1 Å². The maximum atomic E-state index is 14.5. The number of alkyl halides is 5. The maximum Gasteiger partial charge on any atom is 0.471 e. The lowest BCUT2D eigenvalue weighted by Crippen LogP contribution is -2.30. The molecule has 3 N–H and O–H groups in total. The molecule has 0 aromatic heterocycles. The lowest BCUT2D eigenvalue weighted by molar-refractivity contribution is -0.167. The zero-order valence-corrected chi connectivity index (χ0v) is 18.5. The van der Waals surface area contributed by atoms with Crippen LogP contribution >= 0.6 is 34.8 Å². The third-order valence-electron chi connectivity index (χ3n) is 4.52. The molecule has 0 saturated heterocycles. The largest absolute Gasteiger partial charge is 0.471 e. The van der Waals surface area contributed by atoms with Gasteiger partial charge in [0.2, 0.25) is 5.91 Å². The van der Waals surface area contributed by atoms with Crippen molar-refractivity contribution < 1.29 is 40.7 Å². The van der Waals surface area contributed by atoms with Crippen LogP contribution in [0.3, 0.4) is 0 Å². The molecule has 6 nitrogen and oxygen atoms in total. The first-order chi connectivity index (χ1) is 15.6. The highest BCUT2D eigenvalue weighted by atomic mass is 35.5. The molecule has 0 radical (unpaired) electrons. The highest BCUT2D eigenvalue weighted by Gasteiger charge is 2.56. The Morgan fingerprint density at radius 2 is 1.59 bits per heavy atom. The second kappa shape index (κ2) is 9.16. The van der Waals surface area contributed by atoms with E-state index in [0.29, 0.717) is 12.1 Å². The summed E-state index contributed by atoms with van der Waals surface area (Å²) in [6.07, 6.45) is -5.24. The van der Waals surface area contributed by atoms with Crippen LogP contribution in [-0.2, 0) is 9.59 Å². The van der Waals surface area contributed by atoms with Gasteiger partial charge in [-0.2, -0.15) is 13.2 Å². The highest BCUT2D eigenvalue weighted by molar-refractivity contribution is 6.52. The molecule has 1 fully saturated rings. The first-order valence-corrected chi connectivity index (χ1v) is 10.1. The number of carbonyl (C=O) groups excluding carboxylic acids is 3. The van der Waals surface area contributed by atoms with Gasteiger partial charge < -0.3 is 16.0 Å². The Hall–Kier alpha value is -2.70. The van der Waals surface area contributed by atoms with Crippen LogP contribution in [0.5, 0.6) is 0 Å². The monoisotopic (exact) mass is 547 g/mol. The molecule has 2 aromatic carbocycles. The Bertz CT molecular complexity index is 1210. The average Bonchev–Trinajstić information content (AvgIpc) is 3.37. The van der Waals surface area contributed by atoms with E-state index in [4.69, 9.17) is 34.8 Å². The summed E-state index contributed by atoms with van der Waals surface area (Å²) in [7, 11) is 0. The fraction of sp³-hybridized carbons (Fsp3) is 0.211. The van der Waals surface area contributed by atoms with E-state index in [1.54, 1.807) is 5.32 Å². The van der Waals surface area contributed by atoms with Crippen LogP contribution in [0.25, 0.3) is 0 Å².